The summed E-state index contributed by atoms with van der Waals surface area (Å²) in [4.78, 5) is 11.8. The highest BCUT2D eigenvalue weighted by Gasteiger charge is 2.04. The van der Waals surface area contributed by atoms with Crippen molar-refractivity contribution in [2.24, 2.45) is 0 Å². The minimum absolute atomic E-state index is 0.347. The molecule has 0 atom stereocenters. The van der Waals surface area contributed by atoms with E-state index in [9.17, 15) is 4.79 Å². The number of rotatable bonds is 2. The van der Waals surface area contributed by atoms with Gasteiger partial charge >= 0.3 is 6.03 Å². The van der Waals surface area contributed by atoms with Crippen LogP contribution in [-0.2, 0) is 0 Å². The van der Waals surface area contributed by atoms with E-state index < -0.39 is 0 Å². The molecule has 4 N–H and O–H groups in total. The van der Waals surface area contributed by atoms with Crippen LogP contribution in [0.5, 0.6) is 0 Å². The summed E-state index contributed by atoms with van der Waals surface area (Å²) in [6.45, 7) is 0. The van der Waals surface area contributed by atoms with Gasteiger partial charge in [0.05, 0.1) is 5.02 Å². The number of amides is 2. The third-order valence-corrected chi connectivity index (χ3v) is 3.54. The molecule has 0 heterocycles. The fourth-order valence-electron chi connectivity index (χ4n) is 1.48. The van der Waals surface area contributed by atoms with Crippen molar-refractivity contribution in [2.45, 2.75) is 0 Å². The largest absolute Gasteiger partial charge is 0.399 e. The highest BCUT2D eigenvalue weighted by Crippen LogP contribution is 2.25. The summed E-state index contributed by atoms with van der Waals surface area (Å²) in [6.07, 6.45) is 0. The topological polar surface area (TPSA) is 67.1 Å². The number of carbonyl (C=O) groups is 1. The summed E-state index contributed by atoms with van der Waals surface area (Å²) in [5.41, 5.74) is 7.49. The molecular formula is C13H11BrClN3O. The smallest absolute Gasteiger partial charge is 0.323 e. The molecule has 0 spiro atoms. The predicted octanol–water partition coefficient (Wildman–Crippen LogP) is 4.33. The molecule has 2 aromatic rings. The van der Waals surface area contributed by atoms with Crippen LogP contribution in [0.4, 0.5) is 21.9 Å². The van der Waals surface area contributed by atoms with E-state index in [2.05, 4.69) is 26.6 Å². The molecule has 0 aliphatic carbocycles. The van der Waals surface area contributed by atoms with Gasteiger partial charge in [-0.05, 0) is 52.3 Å². The molecule has 2 aromatic carbocycles. The Morgan fingerprint density at radius 3 is 2.42 bits per heavy atom. The van der Waals surface area contributed by atoms with Gasteiger partial charge in [-0.3, -0.25) is 0 Å². The van der Waals surface area contributed by atoms with E-state index in [1.54, 1.807) is 42.5 Å². The van der Waals surface area contributed by atoms with Gasteiger partial charge in [-0.1, -0.05) is 17.7 Å². The van der Waals surface area contributed by atoms with Crippen molar-refractivity contribution < 1.29 is 4.79 Å². The second kappa shape index (κ2) is 5.95. The molecule has 4 nitrogen and oxygen atoms in total. The molecule has 0 aliphatic rings. The first-order valence-corrected chi connectivity index (χ1v) is 6.60. The van der Waals surface area contributed by atoms with Crippen molar-refractivity contribution in [1.29, 1.82) is 0 Å². The van der Waals surface area contributed by atoms with E-state index in [4.69, 9.17) is 17.3 Å². The first-order chi connectivity index (χ1) is 9.04. The Kier molecular flexibility index (Phi) is 4.29. The third-order valence-electron chi connectivity index (χ3n) is 2.32. The van der Waals surface area contributed by atoms with E-state index >= 15 is 0 Å². The highest BCUT2D eigenvalue weighted by atomic mass is 79.9. The summed E-state index contributed by atoms with van der Waals surface area (Å²) >= 11 is 9.17. The van der Waals surface area contributed by atoms with Crippen molar-refractivity contribution in [1.82, 2.24) is 0 Å². The van der Waals surface area contributed by atoms with Crippen LogP contribution in [-0.4, -0.2) is 6.03 Å². The lowest BCUT2D eigenvalue weighted by Gasteiger charge is -2.08. The monoisotopic (exact) mass is 339 g/mol. The number of urea groups is 1. The van der Waals surface area contributed by atoms with Crippen molar-refractivity contribution in [3.05, 3.63) is 52.0 Å². The molecule has 0 radical (unpaired) electrons. The van der Waals surface area contributed by atoms with Crippen LogP contribution >= 0.6 is 27.5 Å². The Hall–Kier alpha value is -1.72. The average molecular weight is 341 g/mol. The third kappa shape index (κ3) is 3.87. The van der Waals surface area contributed by atoms with Gasteiger partial charge in [0.2, 0.25) is 0 Å². The standard InChI is InChI=1S/C13H11BrClN3O/c14-11-7-10(4-5-12(11)15)18-13(19)17-9-3-1-2-8(16)6-9/h1-7H,16H2,(H2,17,18,19). The predicted molar refractivity (Wildman–Crippen MR) is 82.6 cm³/mol. The Morgan fingerprint density at radius 2 is 1.79 bits per heavy atom. The fourth-order valence-corrected chi connectivity index (χ4v) is 1.98. The highest BCUT2D eigenvalue weighted by molar-refractivity contribution is 9.10. The number of anilines is 3. The first-order valence-electron chi connectivity index (χ1n) is 5.43. The zero-order chi connectivity index (χ0) is 13.8. The SMILES string of the molecule is Nc1cccc(NC(=O)Nc2ccc(Cl)c(Br)c2)c1. The maximum atomic E-state index is 11.8. The van der Waals surface area contributed by atoms with Gasteiger partial charge in [-0.15, -0.1) is 0 Å². The van der Waals surface area contributed by atoms with Crippen LogP contribution in [0.3, 0.4) is 0 Å². The quantitative estimate of drug-likeness (QED) is 0.712. The molecule has 0 unspecified atom stereocenters. The second-order valence-corrected chi connectivity index (χ2v) is 5.10. The minimum Gasteiger partial charge on any atom is -0.399 e. The van der Waals surface area contributed by atoms with Crippen LogP contribution < -0.4 is 16.4 Å². The molecule has 19 heavy (non-hydrogen) atoms. The van der Waals surface area contributed by atoms with Crippen molar-refractivity contribution in [3.8, 4) is 0 Å². The number of nitrogens with one attached hydrogen (secondary N) is 2. The van der Waals surface area contributed by atoms with Crippen LogP contribution in [0, 0.1) is 0 Å². The van der Waals surface area contributed by atoms with E-state index in [-0.39, 0.29) is 6.03 Å². The van der Waals surface area contributed by atoms with Gasteiger partial charge in [-0.25, -0.2) is 4.79 Å². The molecule has 0 aliphatic heterocycles. The Bertz CT molecular complexity index is 619. The molecule has 2 rings (SSSR count). The van der Waals surface area contributed by atoms with Crippen LogP contribution in [0.1, 0.15) is 0 Å². The van der Waals surface area contributed by atoms with Crippen molar-refractivity contribution >= 4 is 50.6 Å². The minimum atomic E-state index is -0.347. The van der Waals surface area contributed by atoms with E-state index in [0.29, 0.717) is 22.1 Å². The Labute approximate surface area is 124 Å². The maximum Gasteiger partial charge on any atom is 0.323 e. The van der Waals surface area contributed by atoms with Gasteiger partial charge < -0.3 is 16.4 Å². The Balaban J connectivity index is 2.03. The average Bonchev–Trinajstić information content (AvgIpc) is 2.34. The Morgan fingerprint density at radius 1 is 1.11 bits per heavy atom. The van der Waals surface area contributed by atoms with Gasteiger partial charge in [0.25, 0.3) is 0 Å². The first kappa shape index (κ1) is 13.7. The lowest BCUT2D eigenvalue weighted by Crippen LogP contribution is -2.19. The molecule has 0 saturated carbocycles. The summed E-state index contributed by atoms with van der Waals surface area (Å²) in [5.74, 6) is 0. The second-order valence-electron chi connectivity index (χ2n) is 3.83. The normalized spacial score (nSPS) is 10.0. The molecule has 0 fully saturated rings. The van der Waals surface area contributed by atoms with Crippen LogP contribution in [0.2, 0.25) is 5.02 Å². The molecule has 0 saturated heterocycles. The summed E-state index contributed by atoms with van der Waals surface area (Å²) in [7, 11) is 0. The number of halogens is 2. The number of benzene rings is 2. The molecule has 2 amide bonds. The van der Waals surface area contributed by atoms with Gasteiger partial charge in [0, 0.05) is 21.5 Å². The zero-order valence-corrected chi connectivity index (χ0v) is 12.1. The molecule has 98 valence electrons. The van der Waals surface area contributed by atoms with Gasteiger partial charge in [0.15, 0.2) is 0 Å². The van der Waals surface area contributed by atoms with Gasteiger partial charge in [-0.2, -0.15) is 0 Å². The van der Waals surface area contributed by atoms with Crippen molar-refractivity contribution in [2.75, 3.05) is 16.4 Å². The number of hydrogen-bond donors (Lipinski definition) is 3. The number of nitrogen functional groups attached to an aromatic ring is 1. The number of nitrogens with two attached hydrogens (primary N) is 1. The van der Waals surface area contributed by atoms with Gasteiger partial charge in [0.1, 0.15) is 0 Å². The molecule has 6 heteroatoms. The number of carbonyl (C=O) groups excluding carboxylic acids is 1. The molecule has 0 aromatic heterocycles. The number of hydrogen-bond acceptors (Lipinski definition) is 2. The fraction of sp³-hybridized carbons (Fsp3) is 0. The summed E-state index contributed by atoms with van der Waals surface area (Å²) in [5, 5.41) is 5.97. The van der Waals surface area contributed by atoms with Crippen LogP contribution in [0.25, 0.3) is 0 Å². The summed E-state index contributed by atoms with van der Waals surface area (Å²) < 4.78 is 0.718. The maximum absolute atomic E-state index is 11.8. The van der Waals surface area contributed by atoms with E-state index in [0.717, 1.165) is 4.47 Å². The van der Waals surface area contributed by atoms with Crippen LogP contribution in [0.15, 0.2) is 46.9 Å². The lowest BCUT2D eigenvalue weighted by atomic mass is 10.3. The van der Waals surface area contributed by atoms with E-state index in [1.807, 2.05) is 0 Å². The van der Waals surface area contributed by atoms with Crippen molar-refractivity contribution in [3.63, 3.8) is 0 Å². The zero-order valence-electron chi connectivity index (χ0n) is 9.78. The lowest BCUT2D eigenvalue weighted by molar-refractivity contribution is 0.262. The molecular weight excluding hydrogens is 330 g/mol. The molecule has 0 bridgehead atoms. The summed E-state index contributed by atoms with van der Waals surface area (Å²) in [6, 6.07) is 11.7. The van der Waals surface area contributed by atoms with E-state index in [1.165, 1.54) is 0 Å².